The Hall–Kier alpha value is -0.600. The van der Waals surface area contributed by atoms with Crippen molar-refractivity contribution in [3.63, 3.8) is 0 Å². The summed E-state index contributed by atoms with van der Waals surface area (Å²) in [5, 5.41) is 3.62. The van der Waals surface area contributed by atoms with Gasteiger partial charge in [-0.05, 0) is 31.7 Å². The minimum Gasteiger partial charge on any atom is -0.310 e. The maximum absolute atomic E-state index is 13.7. The van der Waals surface area contributed by atoms with E-state index >= 15 is 0 Å². The molecule has 1 aliphatic rings. The van der Waals surface area contributed by atoms with Crippen LogP contribution in [0.25, 0.3) is 0 Å². The summed E-state index contributed by atoms with van der Waals surface area (Å²) in [6, 6.07) is 5.62. The van der Waals surface area contributed by atoms with Crippen molar-refractivity contribution in [2.75, 3.05) is 0 Å². The van der Waals surface area contributed by atoms with Gasteiger partial charge in [0.15, 0.2) is 0 Å². The lowest BCUT2D eigenvalue weighted by Gasteiger charge is -2.20. The smallest absolute Gasteiger partial charge is 0.146 e. The Morgan fingerprint density at radius 1 is 1.41 bits per heavy atom. The van der Waals surface area contributed by atoms with Crippen molar-refractivity contribution in [2.45, 2.75) is 45.2 Å². The van der Waals surface area contributed by atoms with Crippen molar-refractivity contribution < 1.29 is 4.39 Å². The second-order valence-electron chi connectivity index (χ2n) is 4.93. The Labute approximate surface area is 107 Å². The number of rotatable bonds is 4. The Balaban J connectivity index is 1.90. The maximum Gasteiger partial charge on any atom is 0.146 e. The third kappa shape index (κ3) is 3.20. The molecule has 1 unspecified atom stereocenters. The van der Waals surface area contributed by atoms with E-state index in [-0.39, 0.29) is 10.8 Å². The molecular formula is C14H19ClFN. The molecule has 1 aromatic rings. The summed E-state index contributed by atoms with van der Waals surface area (Å²) < 4.78 is 13.7. The zero-order valence-electron chi connectivity index (χ0n) is 10.2. The molecule has 3 heteroatoms. The van der Waals surface area contributed by atoms with Gasteiger partial charge >= 0.3 is 0 Å². The van der Waals surface area contributed by atoms with E-state index in [1.165, 1.54) is 25.7 Å². The molecule has 0 saturated heterocycles. The monoisotopic (exact) mass is 255 g/mol. The minimum absolute atomic E-state index is 0.206. The zero-order valence-corrected chi connectivity index (χ0v) is 10.9. The fourth-order valence-electron chi connectivity index (χ4n) is 2.58. The van der Waals surface area contributed by atoms with E-state index in [0.717, 1.165) is 5.92 Å². The largest absolute Gasteiger partial charge is 0.310 e. The summed E-state index contributed by atoms with van der Waals surface area (Å²) in [6.07, 6.45) is 5.27. The second kappa shape index (κ2) is 5.83. The predicted molar refractivity (Wildman–Crippen MR) is 69.7 cm³/mol. The fraction of sp³-hybridized carbons (Fsp3) is 0.571. The van der Waals surface area contributed by atoms with Gasteiger partial charge in [-0.25, -0.2) is 4.39 Å². The molecule has 94 valence electrons. The van der Waals surface area contributed by atoms with Gasteiger partial charge in [-0.3, -0.25) is 0 Å². The average molecular weight is 256 g/mol. The molecule has 1 aromatic carbocycles. The number of hydrogen-bond acceptors (Lipinski definition) is 1. The first-order valence-corrected chi connectivity index (χ1v) is 6.72. The molecule has 0 heterocycles. The molecule has 0 bridgehead atoms. The fourth-order valence-corrected chi connectivity index (χ4v) is 2.77. The van der Waals surface area contributed by atoms with E-state index in [4.69, 9.17) is 11.6 Å². The van der Waals surface area contributed by atoms with E-state index in [1.54, 1.807) is 18.2 Å². The van der Waals surface area contributed by atoms with Gasteiger partial charge in [0.1, 0.15) is 5.82 Å². The van der Waals surface area contributed by atoms with Crippen molar-refractivity contribution >= 4 is 11.6 Å². The van der Waals surface area contributed by atoms with Gasteiger partial charge in [-0.1, -0.05) is 36.6 Å². The second-order valence-corrected chi connectivity index (χ2v) is 5.33. The summed E-state index contributed by atoms with van der Waals surface area (Å²) >= 11 is 5.75. The quantitative estimate of drug-likeness (QED) is 0.852. The molecule has 1 fully saturated rings. The number of benzene rings is 1. The number of hydrogen-bond donors (Lipinski definition) is 1. The van der Waals surface area contributed by atoms with E-state index in [2.05, 4.69) is 12.2 Å². The highest BCUT2D eigenvalue weighted by molar-refractivity contribution is 6.30. The van der Waals surface area contributed by atoms with Gasteiger partial charge in [0, 0.05) is 18.2 Å². The molecule has 1 saturated carbocycles. The molecule has 17 heavy (non-hydrogen) atoms. The molecule has 0 amide bonds. The molecule has 0 spiro atoms. The van der Waals surface area contributed by atoms with Crippen LogP contribution in [0.2, 0.25) is 5.02 Å². The number of halogens is 2. The van der Waals surface area contributed by atoms with Crippen LogP contribution < -0.4 is 5.32 Å². The third-order valence-electron chi connectivity index (χ3n) is 3.75. The molecule has 2 rings (SSSR count). The maximum atomic E-state index is 13.7. The summed E-state index contributed by atoms with van der Waals surface area (Å²) in [4.78, 5) is 0. The normalized spacial score (nSPS) is 18.5. The van der Waals surface area contributed by atoms with Gasteiger partial charge in [0.25, 0.3) is 0 Å². The highest BCUT2D eigenvalue weighted by atomic mass is 35.5. The Morgan fingerprint density at radius 3 is 2.82 bits per heavy atom. The standard InChI is InChI=1S/C14H19ClFN/c1-10(11-5-2-3-6-11)17-9-12-7-4-8-13(15)14(12)16/h4,7-8,10-11,17H,2-3,5-6,9H2,1H3. The summed E-state index contributed by atoms with van der Waals surface area (Å²) in [5.41, 5.74) is 0.655. The Morgan fingerprint density at radius 2 is 2.12 bits per heavy atom. The van der Waals surface area contributed by atoms with Crippen LogP contribution >= 0.6 is 11.6 Å². The third-order valence-corrected chi connectivity index (χ3v) is 4.04. The van der Waals surface area contributed by atoms with Crippen molar-refractivity contribution in [3.8, 4) is 0 Å². The summed E-state index contributed by atoms with van der Waals surface area (Å²) in [5.74, 6) is 0.456. The molecule has 1 nitrogen and oxygen atoms in total. The lowest BCUT2D eigenvalue weighted by Crippen LogP contribution is -2.32. The van der Waals surface area contributed by atoms with Gasteiger partial charge in [-0.15, -0.1) is 0 Å². The van der Waals surface area contributed by atoms with Crippen molar-refractivity contribution in [1.82, 2.24) is 5.32 Å². The first-order chi connectivity index (χ1) is 8.18. The molecule has 1 N–H and O–H groups in total. The van der Waals surface area contributed by atoms with Crippen LogP contribution in [0.3, 0.4) is 0 Å². The predicted octanol–water partition coefficient (Wildman–Crippen LogP) is 4.15. The molecule has 0 aromatic heterocycles. The van der Waals surface area contributed by atoms with E-state index < -0.39 is 0 Å². The van der Waals surface area contributed by atoms with Crippen molar-refractivity contribution in [3.05, 3.63) is 34.6 Å². The topological polar surface area (TPSA) is 12.0 Å². The van der Waals surface area contributed by atoms with Crippen molar-refractivity contribution in [2.24, 2.45) is 5.92 Å². The first kappa shape index (κ1) is 12.8. The van der Waals surface area contributed by atoms with Crippen LogP contribution in [-0.4, -0.2) is 6.04 Å². The Kier molecular flexibility index (Phi) is 4.41. The van der Waals surface area contributed by atoms with Crippen molar-refractivity contribution in [1.29, 1.82) is 0 Å². The lowest BCUT2D eigenvalue weighted by atomic mass is 9.99. The van der Waals surface area contributed by atoms with Gasteiger partial charge in [0.05, 0.1) is 5.02 Å². The van der Waals surface area contributed by atoms with Crippen LogP contribution in [-0.2, 0) is 6.54 Å². The Bertz CT molecular complexity index is 374. The van der Waals surface area contributed by atoms with Gasteiger partial charge in [-0.2, -0.15) is 0 Å². The zero-order chi connectivity index (χ0) is 12.3. The first-order valence-electron chi connectivity index (χ1n) is 6.34. The van der Waals surface area contributed by atoms with E-state index in [0.29, 0.717) is 18.2 Å². The van der Waals surface area contributed by atoms with Gasteiger partial charge in [0.2, 0.25) is 0 Å². The van der Waals surface area contributed by atoms with E-state index in [9.17, 15) is 4.39 Å². The minimum atomic E-state index is -0.291. The summed E-state index contributed by atoms with van der Waals surface area (Å²) in [7, 11) is 0. The molecule has 1 aliphatic carbocycles. The van der Waals surface area contributed by atoms with Crippen LogP contribution in [0.15, 0.2) is 18.2 Å². The van der Waals surface area contributed by atoms with Gasteiger partial charge < -0.3 is 5.32 Å². The molecule has 0 radical (unpaired) electrons. The highest BCUT2D eigenvalue weighted by Gasteiger charge is 2.21. The molecule has 0 aliphatic heterocycles. The van der Waals surface area contributed by atoms with Crippen LogP contribution in [0, 0.1) is 11.7 Å². The highest BCUT2D eigenvalue weighted by Crippen LogP contribution is 2.27. The molecular weight excluding hydrogens is 237 g/mol. The van der Waals surface area contributed by atoms with Crippen LogP contribution in [0.1, 0.15) is 38.2 Å². The molecule has 1 atom stereocenters. The van der Waals surface area contributed by atoms with E-state index in [1.807, 2.05) is 0 Å². The van der Waals surface area contributed by atoms with Crippen LogP contribution in [0.4, 0.5) is 4.39 Å². The van der Waals surface area contributed by atoms with Crippen LogP contribution in [0.5, 0.6) is 0 Å². The number of nitrogens with one attached hydrogen (secondary N) is 1. The SMILES string of the molecule is CC(NCc1cccc(Cl)c1F)C1CCCC1. The summed E-state index contributed by atoms with van der Waals surface area (Å²) in [6.45, 7) is 2.75. The average Bonchev–Trinajstić information content (AvgIpc) is 2.84. The lowest BCUT2D eigenvalue weighted by molar-refractivity contribution is 0.378.